The van der Waals surface area contributed by atoms with E-state index in [0.717, 1.165) is 24.6 Å². The molecule has 1 amide bonds. The van der Waals surface area contributed by atoms with Gasteiger partial charge >= 0.3 is 0 Å². The van der Waals surface area contributed by atoms with Crippen LogP contribution in [0.2, 0.25) is 0 Å². The van der Waals surface area contributed by atoms with Crippen molar-refractivity contribution in [2.24, 2.45) is 12.0 Å². The van der Waals surface area contributed by atoms with Crippen molar-refractivity contribution in [1.82, 2.24) is 20.0 Å². The molecule has 1 fully saturated rings. The summed E-state index contributed by atoms with van der Waals surface area (Å²) < 4.78 is 20.2. The van der Waals surface area contributed by atoms with E-state index in [1.54, 1.807) is 27.9 Å². The molecule has 8 nitrogen and oxygen atoms in total. The molecule has 0 unspecified atom stereocenters. The zero-order valence-corrected chi connectivity index (χ0v) is 16.8. The van der Waals surface area contributed by atoms with Crippen LogP contribution in [0.4, 0.5) is 10.1 Å². The van der Waals surface area contributed by atoms with Crippen molar-refractivity contribution in [3.05, 3.63) is 42.5 Å². The first-order chi connectivity index (χ1) is 14.1. The average Bonchev–Trinajstić information content (AvgIpc) is 3.14. The molecule has 3 rings (SSSR count). The summed E-state index contributed by atoms with van der Waals surface area (Å²) in [4.78, 5) is 20.9. The summed E-state index contributed by atoms with van der Waals surface area (Å²) in [6, 6.07) is 5.96. The molecule has 9 heteroatoms. The lowest BCUT2D eigenvalue weighted by atomic mass is 10.3. The lowest BCUT2D eigenvalue weighted by Gasteiger charge is -2.35. The first-order valence-corrected chi connectivity index (χ1v) is 9.77. The Labute approximate surface area is 170 Å². The molecule has 0 radical (unpaired) electrons. The number of halogens is 1. The van der Waals surface area contributed by atoms with E-state index in [-0.39, 0.29) is 18.3 Å². The molecule has 2 heterocycles. The van der Waals surface area contributed by atoms with Crippen LogP contribution >= 0.6 is 0 Å². The molecule has 0 atom stereocenters. The van der Waals surface area contributed by atoms with Crippen LogP contribution in [0, 0.1) is 5.82 Å². The fourth-order valence-electron chi connectivity index (χ4n) is 3.07. The summed E-state index contributed by atoms with van der Waals surface area (Å²) in [7, 11) is 1.83. The smallest absolute Gasteiger partial charge is 0.246 e. The van der Waals surface area contributed by atoms with Crippen molar-refractivity contribution in [2.45, 2.75) is 13.3 Å². The third-order valence-corrected chi connectivity index (χ3v) is 4.50. The highest BCUT2D eigenvalue weighted by Crippen LogP contribution is 2.16. The highest BCUT2D eigenvalue weighted by Gasteiger charge is 2.27. The van der Waals surface area contributed by atoms with Crippen LogP contribution in [0.5, 0.6) is 5.75 Å². The van der Waals surface area contributed by atoms with Gasteiger partial charge in [0.05, 0.1) is 18.5 Å². The van der Waals surface area contributed by atoms with Gasteiger partial charge in [0.15, 0.2) is 5.96 Å². The summed E-state index contributed by atoms with van der Waals surface area (Å²) in [5.74, 6) is 1.11. The zero-order chi connectivity index (χ0) is 20.6. The Bertz CT molecular complexity index is 836. The number of aliphatic imine (C=N–C) groups is 1. The van der Waals surface area contributed by atoms with Gasteiger partial charge in [-0.05, 0) is 31.2 Å². The topological polar surface area (TPSA) is 75.0 Å². The Morgan fingerprint density at radius 1 is 1.31 bits per heavy atom. The molecular formula is C20H27FN6O2. The van der Waals surface area contributed by atoms with Gasteiger partial charge in [-0.1, -0.05) is 0 Å². The normalized spacial score (nSPS) is 15.0. The number of anilines is 1. The highest BCUT2D eigenvalue weighted by atomic mass is 19.1. The first-order valence-electron chi connectivity index (χ1n) is 9.77. The van der Waals surface area contributed by atoms with Crippen LogP contribution in [-0.4, -0.2) is 65.9 Å². The number of nitrogens with one attached hydrogen (secondary N) is 1. The molecule has 1 aromatic carbocycles. The van der Waals surface area contributed by atoms with E-state index >= 15 is 0 Å². The predicted molar refractivity (Wildman–Crippen MR) is 110 cm³/mol. The Kier molecular flexibility index (Phi) is 7.04. The number of rotatable bonds is 7. The van der Waals surface area contributed by atoms with E-state index in [0.29, 0.717) is 32.0 Å². The highest BCUT2D eigenvalue weighted by molar-refractivity contribution is 5.98. The van der Waals surface area contributed by atoms with Crippen LogP contribution in [0.25, 0.3) is 0 Å². The maximum atomic E-state index is 12.9. The molecule has 0 spiro atoms. The zero-order valence-electron chi connectivity index (χ0n) is 16.8. The largest absolute Gasteiger partial charge is 0.494 e. The molecule has 0 bridgehead atoms. The molecule has 1 aromatic heterocycles. The van der Waals surface area contributed by atoms with Crippen LogP contribution < -0.4 is 15.0 Å². The summed E-state index contributed by atoms with van der Waals surface area (Å²) in [6.07, 6.45) is 4.26. The lowest BCUT2D eigenvalue weighted by molar-refractivity contribution is -0.120. The number of carbonyl (C=O) groups is 1. The van der Waals surface area contributed by atoms with Gasteiger partial charge in [-0.3, -0.25) is 14.5 Å². The first kappa shape index (κ1) is 20.6. The van der Waals surface area contributed by atoms with Gasteiger partial charge in [0, 0.05) is 45.8 Å². The molecular weight excluding hydrogens is 375 g/mol. The summed E-state index contributed by atoms with van der Waals surface area (Å²) >= 11 is 0. The number of aryl methyl sites for hydroxylation is 1. The number of amides is 1. The Morgan fingerprint density at radius 2 is 2.10 bits per heavy atom. The maximum absolute atomic E-state index is 12.9. The number of ether oxygens (including phenoxy) is 1. The van der Waals surface area contributed by atoms with E-state index in [9.17, 15) is 9.18 Å². The van der Waals surface area contributed by atoms with Crippen LogP contribution in [-0.2, 0) is 11.8 Å². The molecule has 1 aliphatic heterocycles. The van der Waals surface area contributed by atoms with Crippen LogP contribution in [0.1, 0.15) is 13.3 Å². The molecule has 1 aliphatic rings. The third kappa shape index (κ3) is 5.69. The summed E-state index contributed by atoms with van der Waals surface area (Å²) in [6.45, 7) is 5.33. The molecule has 156 valence electrons. The third-order valence-electron chi connectivity index (χ3n) is 4.50. The number of carbonyl (C=O) groups excluding carboxylic acids is 1. The Hall–Kier alpha value is -3.10. The fourth-order valence-corrected chi connectivity index (χ4v) is 3.07. The summed E-state index contributed by atoms with van der Waals surface area (Å²) in [5, 5.41) is 7.39. The van der Waals surface area contributed by atoms with Gasteiger partial charge in [-0.25, -0.2) is 4.39 Å². The minimum atomic E-state index is -0.282. The SMILES string of the molecule is CCNC(=NCCCOc1ccc(F)cc1)N1CCN(c2cnn(C)c2)C(=O)C1. The van der Waals surface area contributed by atoms with Gasteiger partial charge in [-0.15, -0.1) is 0 Å². The quantitative estimate of drug-likeness (QED) is 0.433. The molecule has 2 aromatic rings. The molecule has 29 heavy (non-hydrogen) atoms. The number of piperazine rings is 1. The Balaban J connectivity index is 1.49. The van der Waals surface area contributed by atoms with E-state index in [1.165, 1.54) is 12.1 Å². The van der Waals surface area contributed by atoms with Crippen LogP contribution in [0.15, 0.2) is 41.7 Å². The minimum Gasteiger partial charge on any atom is -0.494 e. The van der Waals surface area contributed by atoms with Crippen molar-refractivity contribution >= 4 is 17.6 Å². The van der Waals surface area contributed by atoms with E-state index in [1.807, 2.05) is 25.1 Å². The fraction of sp³-hybridized carbons (Fsp3) is 0.450. The van der Waals surface area contributed by atoms with Gasteiger partial charge in [0.25, 0.3) is 0 Å². The number of nitrogens with zero attached hydrogens (tertiary/aromatic N) is 5. The second-order valence-electron chi connectivity index (χ2n) is 6.73. The van der Waals surface area contributed by atoms with Gasteiger partial charge < -0.3 is 19.9 Å². The van der Waals surface area contributed by atoms with E-state index in [4.69, 9.17) is 4.74 Å². The monoisotopic (exact) mass is 402 g/mol. The molecule has 1 N–H and O–H groups in total. The van der Waals surface area contributed by atoms with Crippen molar-refractivity contribution in [3.8, 4) is 5.75 Å². The van der Waals surface area contributed by atoms with Crippen molar-refractivity contribution < 1.29 is 13.9 Å². The lowest BCUT2D eigenvalue weighted by Crippen LogP contribution is -2.55. The Morgan fingerprint density at radius 3 is 2.76 bits per heavy atom. The second kappa shape index (κ2) is 9.90. The van der Waals surface area contributed by atoms with Crippen molar-refractivity contribution in [1.29, 1.82) is 0 Å². The van der Waals surface area contributed by atoms with E-state index < -0.39 is 0 Å². The molecule has 0 aliphatic carbocycles. The van der Waals surface area contributed by atoms with Crippen molar-refractivity contribution in [3.63, 3.8) is 0 Å². The molecule has 0 saturated carbocycles. The number of benzene rings is 1. The van der Waals surface area contributed by atoms with Gasteiger partial charge in [0.2, 0.25) is 5.91 Å². The number of guanidine groups is 1. The predicted octanol–water partition coefficient (Wildman–Crippen LogP) is 1.64. The summed E-state index contributed by atoms with van der Waals surface area (Å²) in [5.41, 5.74) is 0.817. The minimum absolute atomic E-state index is 0.0227. The van der Waals surface area contributed by atoms with Crippen molar-refractivity contribution in [2.75, 3.05) is 44.2 Å². The number of aromatic nitrogens is 2. The van der Waals surface area contributed by atoms with Gasteiger partial charge in [-0.2, -0.15) is 5.10 Å². The number of hydrogen-bond acceptors (Lipinski definition) is 4. The average molecular weight is 402 g/mol. The van der Waals surface area contributed by atoms with Crippen LogP contribution in [0.3, 0.4) is 0 Å². The standard InChI is InChI=1S/C20H27FN6O2/c1-3-22-20(23-9-4-12-29-18-7-5-16(21)6-8-18)26-10-11-27(19(28)15-26)17-13-24-25(2)14-17/h5-8,13-14H,3-4,9-12,15H2,1-2H3,(H,22,23). The maximum Gasteiger partial charge on any atom is 0.246 e. The second-order valence-corrected chi connectivity index (χ2v) is 6.73. The molecule has 1 saturated heterocycles. The number of hydrogen-bond donors (Lipinski definition) is 1. The van der Waals surface area contributed by atoms with E-state index in [2.05, 4.69) is 15.4 Å². The van der Waals surface area contributed by atoms with Gasteiger partial charge in [0.1, 0.15) is 18.1 Å².